The van der Waals surface area contributed by atoms with Crippen LogP contribution in [-0.2, 0) is 14.3 Å². The molecular weight excluding hydrogens is 186 g/mol. The molecule has 0 bridgehead atoms. The van der Waals surface area contributed by atoms with Crippen LogP contribution >= 0.6 is 0 Å². The molecule has 82 valence electrons. The summed E-state index contributed by atoms with van der Waals surface area (Å²) in [6, 6.07) is -0.872. The van der Waals surface area contributed by atoms with Gasteiger partial charge in [-0.25, -0.2) is 0 Å². The van der Waals surface area contributed by atoms with E-state index in [9.17, 15) is 9.59 Å². The number of aliphatic carboxylic acids is 1. The molecule has 0 spiro atoms. The van der Waals surface area contributed by atoms with Crippen molar-refractivity contribution >= 4 is 11.9 Å². The molecule has 2 N–H and O–H groups in total. The average molecular weight is 203 g/mol. The molecule has 0 rings (SSSR count). The van der Waals surface area contributed by atoms with Gasteiger partial charge < -0.3 is 15.2 Å². The number of carboxylic acids is 1. The van der Waals surface area contributed by atoms with Gasteiger partial charge in [-0.2, -0.15) is 0 Å². The van der Waals surface area contributed by atoms with Gasteiger partial charge in [-0.05, 0) is 20.3 Å². The van der Waals surface area contributed by atoms with Gasteiger partial charge in [0.25, 0.3) is 0 Å². The number of ether oxygens (including phenoxy) is 1. The molecule has 0 saturated carbocycles. The molecule has 0 heterocycles. The lowest BCUT2D eigenvalue weighted by Crippen LogP contribution is -2.40. The lowest BCUT2D eigenvalue weighted by atomic mass is 10.3. The maximum Gasteiger partial charge on any atom is 0.325 e. The molecule has 0 aliphatic carbocycles. The summed E-state index contributed by atoms with van der Waals surface area (Å²) >= 11 is 0. The summed E-state index contributed by atoms with van der Waals surface area (Å²) in [5.74, 6) is -1.46. The highest BCUT2D eigenvalue weighted by Gasteiger charge is 2.14. The van der Waals surface area contributed by atoms with Crippen molar-refractivity contribution in [3.8, 4) is 0 Å². The maximum absolute atomic E-state index is 11.1. The summed E-state index contributed by atoms with van der Waals surface area (Å²) in [6.45, 7) is 5.12. The highest BCUT2D eigenvalue weighted by atomic mass is 16.5. The molecule has 0 aromatic rings. The quantitative estimate of drug-likeness (QED) is 0.654. The maximum atomic E-state index is 11.1. The van der Waals surface area contributed by atoms with E-state index in [2.05, 4.69) is 5.32 Å². The normalized spacial score (nSPS) is 14.5. The van der Waals surface area contributed by atoms with Gasteiger partial charge in [-0.3, -0.25) is 9.59 Å². The van der Waals surface area contributed by atoms with E-state index in [0.29, 0.717) is 0 Å². The molecule has 0 aromatic heterocycles. The molecule has 1 unspecified atom stereocenters. The molecule has 5 heteroatoms. The van der Waals surface area contributed by atoms with E-state index in [4.69, 9.17) is 9.84 Å². The number of nitrogens with one attached hydrogen (secondary N) is 1. The molecule has 0 aromatic carbocycles. The molecule has 0 radical (unpaired) electrons. The number of carboxylic acid groups (broad SMARTS) is 1. The minimum Gasteiger partial charge on any atom is -0.480 e. The van der Waals surface area contributed by atoms with Gasteiger partial charge in [0, 0.05) is 0 Å². The van der Waals surface area contributed by atoms with E-state index in [0.717, 1.165) is 6.42 Å². The first kappa shape index (κ1) is 12.9. The van der Waals surface area contributed by atoms with Gasteiger partial charge in [-0.1, -0.05) is 6.92 Å². The van der Waals surface area contributed by atoms with Crippen molar-refractivity contribution in [1.82, 2.24) is 5.32 Å². The monoisotopic (exact) mass is 203 g/mol. The van der Waals surface area contributed by atoms with E-state index in [1.165, 1.54) is 6.92 Å². The van der Waals surface area contributed by atoms with Crippen LogP contribution in [0.5, 0.6) is 0 Å². The fourth-order valence-electron chi connectivity index (χ4n) is 0.681. The van der Waals surface area contributed by atoms with Crippen molar-refractivity contribution in [2.24, 2.45) is 0 Å². The van der Waals surface area contributed by atoms with Crippen LogP contribution in [0.3, 0.4) is 0 Å². The number of rotatable bonds is 6. The summed E-state index contributed by atoms with van der Waals surface area (Å²) in [7, 11) is 0. The Morgan fingerprint density at radius 2 is 2.00 bits per heavy atom. The van der Waals surface area contributed by atoms with Crippen molar-refractivity contribution in [2.75, 3.05) is 6.61 Å². The van der Waals surface area contributed by atoms with Gasteiger partial charge in [0.1, 0.15) is 12.6 Å². The summed E-state index contributed by atoms with van der Waals surface area (Å²) in [5.41, 5.74) is 0. The van der Waals surface area contributed by atoms with Crippen LogP contribution in [-0.4, -0.2) is 35.7 Å². The Kier molecular flexibility index (Phi) is 5.87. The summed E-state index contributed by atoms with van der Waals surface area (Å²) in [4.78, 5) is 21.5. The SMILES string of the molecule is CCC(C)OCC(=O)N[C@H](C)C(=O)O. The minimum atomic E-state index is -1.05. The fourth-order valence-corrected chi connectivity index (χ4v) is 0.681. The molecule has 1 amide bonds. The number of hydrogen-bond donors (Lipinski definition) is 2. The van der Waals surface area contributed by atoms with E-state index in [-0.39, 0.29) is 12.7 Å². The third-order valence-electron chi connectivity index (χ3n) is 1.82. The van der Waals surface area contributed by atoms with Crippen molar-refractivity contribution < 1.29 is 19.4 Å². The first-order valence-corrected chi connectivity index (χ1v) is 4.61. The van der Waals surface area contributed by atoms with Crippen LogP contribution in [0.1, 0.15) is 27.2 Å². The predicted octanol–water partition coefficient (Wildman–Crippen LogP) is 0.391. The largest absolute Gasteiger partial charge is 0.480 e. The summed E-state index contributed by atoms with van der Waals surface area (Å²) in [6.07, 6.45) is 0.836. The van der Waals surface area contributed by atoms with Crippen LogP contribution in [0.4, 0.5) is 0 Å². The van der Waals surface area contributed by atoms with E-state index >= 15 is 0 Å². The Labute approximate surface area is 83.4 Å². The predicted molar refractivity (Wildman–Crippen MR) is 50.9 cm³/mol. The Morgan fingerprint density at radius 1 is 1.43 bits per heavy atom. The van der Waals surface area contributed by atoms with Crippen LogP contribution in [0.25, 0.3) is 0 Å². The van der Waals surface area contributed by atoms with Crippen LogP contribution in [0.15, 0.2) is 0 Å². The zero-order chi connectivity index (χ0) is 11.1. The number of amides is 1. The molecule has 5 nitrogen and oxygen atoms in total. The van der Waals surface area contributed by atoms with Gasteiger partial charge >= 0.3 is 5.97 Å². The van der Waals surface area contributed by atoms with Crippen molar-refractivity contribution in [3.05, 3.63) is 0 Å². The van der Waals surface area contributed by atoms with Gasteiger partial charge in [-0.15, -0.1) is 0 Å². The first-order chi connectivity index (χ1) is 6.47. The van der Waals surface area contributed by atoms with E-state index in [1.807, 2.05) is 13.8 Å². The third-order valence-corrected chi connectivity index (χ3v) is 1.82. The second kappa shape index (κ2) is 6.37. The van der Waals surface area contributed by atoms with Crippen molar-refractivity contribution in [1.29, 1.82) is 0 Å². The molecule has 2 atom stereocenters. The second-order valence-electron chi connectivity index (χ2n) is 3.16. The van der Waals surface area contributed by atoms with Gasteiger partial charge in [0.2, 0.25) is 5.91 Å². The summed E-state index contributed by atoms with van der Waals surface area (Å²) in [5, 5.41) is 10.8. The third kappa shape index (κ3) is 5.53. The molecular formula is C9H17NO4. The molecule has 0 saturated heterocycles. The number of carbonyl (C=O) groups is 2. The minimum absolute atomic E-state index is 0.0147. The topological polar surface area (TPSA) is 75.6 Å². The molecule has 0 aliphatic heterocycles. The number of hydrogen-bond acceptors (Lipinski definition) is 3. The number of carbonyl (C=O) groups excluding carboxylic acids is 1. The van der Waals surface area contributed by atoms with Gasteiger partial charge in [0.15, 0.2) is 0 Å². The van der Waals surface area contributed by atoms with Crippen LogP contribution < -0.4 is 5.32 Å². The van der Waals surface area contributed by atoms with E-state index < -0.39 is 17.9 Å². The smallest absolute Gasteiger partial charge is 0.325 e. The molecule has 14 heavy (non-hydrogen) atoms. The lowest BCUT2D eigenvalue weighted by Gasteiger charge is -2.12. The Balaban J connectivity index is 3.71. The highest BCUT2D eigenvalue weighted by molar-refractivity contribution is 5.83. The second-order valence-corrected chi connectivity index (χ2v) is 3.16. The fraction of sp³-hybridized carbons (Fsp3) is 0.778. The van der Waals surface area contributed by atoms with Crippen LogP contribution in [0.2, 0.25) is 0 Å². The lowest BCUT2D eigenvalue weighted by molar-refractivity contribution is -0.142. The first-order valence-electron chi connectivity index (χ1n) is 4.61. The molecule has 0 aliphatic rings. The zero-order valence-corrected chi connectivity index (χ0v) is 8.74. The van der Waals surface area contributed by atoms with Crippen LogP contribution in [0, 0.1) is 0 Å². The van der Waals surface area contributed by atoms with Crippen molar-refractivity contribution in [3.63, 3.8) is 0 Å². The van der Waals surface area contributed by atoms with Crippen molar-refractivity contribution in [2.45, 2.75) is 39.3 Å². The van der Waals surface area contributed by atoms with E-state index in [1.54, 1.807) is 0 Å². The standard InChI is InChI=1S/C9H17NO4/c1-4-6(2)14-5-8(11)10-7(3)9(12)13/h6-7H,4-5H2,1-3H3,(H,10,11)(H,12,13)/t6?,7-/m1/s1. The zero-order valence-electron chi connectivity index (χ0n) is 8.74. The molecule has 0 fully saturated rings. The summed E-state index contributed by atoms with van der Waals surface area (Å²) < 4.78 is 5.13. The Bertz CT molecular complexity index is 205. The Hall–Kier alpha value is -1.10. The Morgan fingerprint density at radius 3 is 2.43 bits per heavy atom. The average Bonchev–Trinajstić information content (AvgIpc) is 2.13. The highest BCUT2D eigenvalue weighted by Crippen LogP contribution is 1.94. The van der Waals surface area contributed by atoms with Gasteiger partial charge in [0.05, 0.1) is 6.10 Å².